The van der Waals surface area contributed by atoms with Gasteiger partial charge < -0.3 is 19.5 Å². The number of hydrogen-bond donors (Lipinski definition) is 1. The number of carboxylic acids is 1. The van der Waals surface area contributed by atoms with Crippen LogP contribution in [0.5, 0.6) is 0 Å². The number of likely N-dealkylation sites (tertiary alicyclic amines) is 2. The highest BCUT2D eigenvalue weighted by molar-refractivity contribution is 5.82. The molecular formula is C28H32N2O6. The Hall–Kier alpha value is -3.55. The topological polar surface area (TPSA) is 96.4 Å². The van der Waals surface area contributed by atoms with Crippen molar-refractivity contribution >= 4 is 18.2 Å². The van der Waals surface area contributed by atoms with Crippen LogP contribution in [0, 0.1) is 5.92 Å². The number of nitrogens with zero attached hydrogens (tertiary/aromatic N) is 2. The van der Waals surface area contributed by atoms with Crippen molar-refractivity contribution in [2.24, 2.45) is 5.92 Å². The number of benzene rings is 2. The van der Waals surface area contributed by atoms with E-state index in [0.717, 1.165) is 22.3 Å². The van der Waals surface area contributed by atoms with E-state index in [4.69, 9.17) is 9.47 Å². The summed E-state index contributed by atoms with van der Waals surface area (Å²) in [7, 11) is 0. The summed E-state index contributed by atoms with van der Waals surface area (Å²) >= 11 is 0. The van der Waals surface area contributed by atoms with E-state index in [2.05, 4.69) is 12.1 Å². The Labute approximate surface area is 210 Å². The Morgan fingerprint density at radius 3 is 2.06 bits per heavy atom. The smallest absolute Gasteiger partial charge is 0.410 e. The number of carbonyl (C=O) groups excluding carboxylic acids is 2. The molecule has 2 aromatic rings. The average Bonchev–Trinajstić information content (AvgIpc) is 3.40. The van der Waals surface area contributed by atoms with Crippen LogP contribution in [0.3, 0.4) is 0 Å². The lowest BCUT2D eigenvalue weighted by Crippen LogP contribution is -2.58. The minimum Gasteiger partial charge on any atom is -0.480 e. The minimum absolute atomic E-state index is 0.101. The summed E-state index contributed by atoms with van der Waals surface area (Å²) in [5.74, 6) is -1.55. The highest BCUT2D eigenvalue weighted by Gasteiger charge is 2.51. The van der Waals surface area contributed by atoms with Crippen molar-refractivity contribution in [2.45, 2.75) is 57.2 Å². The number of piperidine rings is 1. The molecule has 0 spiro atoms. The van der Waals surface area contributed by atoms with Gasteiger partial charge in [0.15, 0.2) is 0 Å². The van der Waals surface area contributed by atoms with E-state index < -0.39 is 29.8 Å². The fourth-order valence-electron chi connectivity index (χ4n) is 6.00. The second-order valence-electron chi connectivity index (χ2n) is 10.8. The van der Waals surface area contributed by atoms with Crippen LogP contribution in [-0.4, -0.2) is 70.4 Å². The first-order valence-electron chi connectivity index (χ1n) is 12.5. The number of amides is 2. The minimum atomic E-state index is -1.08. The number of ether oxygens (including phenoxy) is 2. The second kappa shape index (κ2) is 9.15. The summed E-state index contributed by atoms with van der Waals surface area (Å²) in [5, 5.41) is 10.1. The quantitative estimate of drug-likeness (QED) is 0.666. The summed E-state index contributed by atoms with van der Waals surface area (Å²) < 4.78 is 11.3. The molecule has 3 atom stereocenters. The molecule has 1 N–H and O–H groups in total. The van der Waals surface area contributed by atoms with E-state index >= 15 is 0 Å². The molecule has 2 fully saturated rings. The van der Waals surface area contributed by atoms with Crippen molar-refractivity contribution in [3.8, 4) is 11.1 Å². The highest BCUT2D eigenvalue weighted by atomic mass is 16.6. The van der Waals surface area contributed by atoms with Gasteiger partial charge in [-0.1, -0.05) is 48.5 Å². The van der Waals surface area contributed by atoms with Crippen molar-refractivity contribution in [1.29, 1.82) is 0 Å². The molecule has 2 heterocycles. The van der Waals surface area contributed by atoms with Crippen molar-refractivity contribution in [3.05, 3.63) is 59.7 Å². The lowest BCUT2D eigenvalue weighted by atomic mass is 9.85. The van der Waals surface area contributed by atoms with E-state index in [1.807, 2.05) is 36.4 Å². The van der Waals surface area contributed by atoms with Crippen molar-refractivity contribution in [3.63, 3.8) is 0 Å². The van der Waals surface area contributed by atoms with Gasteiger partial charge in [-0.3, -0.25) is 4.90 Å². The molecule has 3 unspecified atom stereocenters. The molecule has 0 aromatic heterocycles. The lowest BCUT2D eigenvalue weighted by molar-refractivity contribution is -0.147. The molecular weight excluding hydrogens is 460 g/mol. The molecule has 2 saturated heterocycles. The maximum absolute atomic E-state index is 13.2. The molecule has 8 heteroatoms. The number of fused-ring (bicyclic) bond motifs is 4. The van der Waals surface area contributed by atoms with Gasteiger partial charge in [0.25, 0.3) is 0 Å². The molecule has 2 amide bonds. The largest absolute Gasteiger partial charge is 0.480 e. The summed E-state index contributed by atoms with van der Waals surface area (Å²) in [5.41, 5.74) is 3.83. The van der Waals surface area contributed by atoms with Crippen LogP contribution in [0.1, 0.15) is 50.7 Å². The summed E-state index contributed by atoms with van der Waals surface area (Å²) in [6, 6.07) is 14.8. The zero-order valence-electron chi connectivity index (χ0n) is 20.8. The fourth-order valence-corrected chi connectivity index (χ4v) is 6.00. The van der Waals surface area contributed by atoms with Crippen LogP contribution in [-0.2, 0) is 14.3 Å². The van der Waals surface area contributed by atoms with Crippen LogP contribution in [0.2, 0.25) is 0 Å². The molecule has 2 aliphatic heterocycles. The van der Waals surface area contributed by atoms with Crippen LogP contribution in [0.25, 0.3) is 11.1 Å². The number of aliphatic carboxylic acids is 1. The van der Waals surface area contributed by atoms with Crippen LogP contribution in [0.4, 0.5) is 9.59 Å². The lowest BCUT2D eigenvalue weighted by Gasteiger charge is -2.41. The van der Waals surface area contributed by atoms with E-state index in [1.54, 1.807) is 25.7 Å². The summed E-state index contributed by atoms with van der Waals surface area (Å²) in [6.07, 6.45) is -0.0847. The molecule has 8 nitrogen and oxygen atoms in total. The Balaban J connectivity index is 1.30. The summed E-state index contributed by atoms with van der Waals surface area (Å²) in [4.78, 5) is 41.2. The normalized spacial score (nSPS) is 23.0. The molecule has 190 valence electrons. The zero-order valence-corrected chi connectivity index (χ0v) is 20.8. The Morgan fingerprint density at radius 1 is 0.889 bits per heavy atom. The second-order valence-corrected chi connectivity index (χ2v) is 10.8. The maximum atomic E-state index is 13.2. The third-order valence-corrected chi connectivity index (χ3v) is 7.46. The number of carbonyl (C=O) groups is 3. The Bertz CT molecular complexity index is 1140. The van der Waals surface area contributed by atoms with Gasteiger partial charge in [-0.15, -0.1) is 0 Å². The third-order valence-electron chi connectivity index (χ3n) is 7.46. The molecule has 0 saturated carbocycles. The Kier molecular flexibility index (Phi) is 6.14. The predicted octanol–water partition coefficient (Wildman–Crippen LogP) is 4.72. The van der Waals surface area contributed by atoms with Gasteiger partial charge in [0, 0.05) is 31.0 Å². The predicted molar refractivity (Wildman–Crippen MR) is 133 cm³/mol. The van der Waals surface area contributed by atoms with Crippen molar-refractivity contribution in [2.75, 3.05) is 19.7 Å². The zero-order chi connectivity index (χ0) is 25.6. The molecule has 5 rings (SSSR count). The van der Waals surface area contributed by atoms with Crippen molar-refractivity contribution in [1.82, 2.24) is 9.80 Å². The standard InChI is InChI=1S/C28H32N2O6/c1-28(2,3)36-27(34)29-14-12-21-23(29)13-15-30(24(21)25(31)32)26(33)35-16-22-19-10-6-4-8-17(19)18-9-5-7-11-20(18)22/h4-11,21-24H,12-16H2,1-3H3,(H,31,32). The van der Waals surface area contributed by atoms with E-state index in [0.29, 0.717) is 19.4 Å². The number of hydrogen-bond acceptors (Lipinski definition) is 5. The first-order chi connectivity index (χ1) is 17.2. The van der Waals surface area contributed by atoms with Crippen molar-refractivity contribution < 1.29 is 29.0 Å². The first kappa shape index (κ1) is 24.2. The number of carboxylic acid groups (broad SMARTS) is 1. The van der Waals surface area contributed by atoms with Gasteiger partial charge in [0.2, 0.25) is 0 Å². The van der Waals surface area contributed by atoms with E-state index in [1.165, 1.54) is 4.90 Å². The molecule has 36 heavy (non-hydrogen) atoms. The van der Waals surface area contributed by atoms with Gasteiger partial charge in [-0.2, -0.15) is 0 Å². The first-order valence-corrected chi connectivity index (χ1v) is 12.5. The molecule has 3 aliphatic rings. The van der Waals surface area contributed by atoms with Crippen LogP contribution < -0.4 is 0 Å². The fraction of sp³-hybridized carbons (Fsp3) is 0.464. The Morgan fingerprint density at radius 2 is 1.47 bits per heavy atom. The monoisotopic (exact) mass is 492 g/mol. The van der Waals surface area contributed by atoms with E-state index in [-0.39, 0.29) is 31.0 Å². The maximum Gasteiger partial charge on any atom is 0.410 e. The average molecular weight is 493 g/mol. The van der Waals surface area contributed by atoms with E-state index in [9.17, 15) is 19.5 Å². The van der Waals surface area contributed by atoms with Crippen LogP contribution in [0.15, 0.2) is 48.5 Å². The molecule has 1 aliphatic carbocycles. The third kappa shape index (κ3) is 4.29. The highest BCUT2D eigenvalue weighted by Crippen LogP contribution is 2.45. The van der Waals surface area contributed by atoms with Gasteiger partial charge in [0.05, 0.1) is 0 Å². The summed E-state index contributed by atoms with van der Waals surface area (Å²) in [6.45, 7) is 6.16. The van der Waals surface area contributed by atoms with Gasteiger partial charge in [-0.05, 0) is 55.9 Å². The van der Waals surface area contributed by atoms with Gasteiger partial charge >= 0.3 is 18.2 Å². The molecule has 2 aromatic carbocycles. The van der Waals surface area contributed by atoms with Gasteiger partial charge in [-0.25, -0.2) is 14.4 Å². The SMILES string of the molecule is CC(C)(C)OC(=O)N1CCC2C1CCN(C(=O)OCC1c3ccccc3-c3ccccc31)C2C(=O)O. The molecule has 0 radical (unpaired) electrons. The molecule has 0 bridgehead atoms. The van der Waals surface area contributed by atoms with Crippen LogP contribution >= 0.6 is 0 Å². The van der Waals surface area contributed by atoms with Gasteiger partial charge in [0.1, 0.15) is 18.2 Å². The number of rotatable bonds is 3.